The number of rotatable bonds is 6. The minimum atomic E-state index is -3.63. The van der Waals surface area contributed by atoms with E-state index in [9.17, 15) is 4.57 Å². The van der Waals surface area contributed by atoms with Gasteiger partial charge in [0.25, 0.3) is 0 Å². The summed E-state index contributed by atoms with van der Waals surface area (Å²) in [6, 6.07) is 10.4. The van der Waals surface area contributed by atoms with Crippen LogP contribution in [0.3, 0.4) is 0 Å². The lowest BCUT2D eigenvalue weighted by atomic mass is 9.97. The van der Waals surface area contributed by atoms with Crippen LogP contribution >= 0.6 is 30.8 Å². The van der Waals surface area contributed by atoms with Crippen molar-refractivity contribution >= 4 is 36.5 Å². The predicted molar refractivity (Wildman–Crippen MR) is 116 cm³/mol. The summed E-state index contributed by atoms with van der Waals surface area (Å²) < 4.78 is 36.0. The summed E-state index contributed by atoms with van der Waals surface area (Å²) in [6.07, 6.45) is 0. The highest BCUT2D eigenvalue weighted by Gasteiger charge is 2.45. The third-order valence-corrected chi connectivity index (χ3v) is 7.03. The van der Waals surface area contributed by atoms with Crippen molar-refractivity contribution in [2.75, 3.05) is 32.8 Å². The zero-order chi connectivity index (χ0) is 21.2. The fourth-order valence-corrected chi connectivity index (χ4v) is 5.79. The maximum atomic E-state index is 13.8. The molecule has 0 unspecified atom stereocenters. The van der Waals surface area contributed by atoms with Crippen molar-refractivity contribution in [1.82, 2.24) is 0 Å². The molecule has 1 saturated heterocycles. The van der Waals surface area contributed by atoms with Crippen molar-refractivity contribution in [2.45, 2.75) is 19.6 Å². The molecule has 0 spiro atoms. The predicted octanol–water partition coefficient (Wildman–Crippen LogP) is 6.39. The molecular weight excluding hydrogens is 436 g/mol. The lowest BCUT2D eigenvalue weighted by molar-refractivity contribution is 0.0387. The molecule has 1 atom stereocenters. The summed E-state index contributed by atoms with van der Waals surface area (Å²) in [5.74, 6) is 0.182. The standard InChI is InChI=1S/C20H24Cl2NO5P/c1-20(2)11-27-29(24,28-12-20)19(23-14-5-7-15(25-3)8-6-14)16-9-13(21)10-17(22)18(16)26-4/h5-10,19,23H,11-12H2,1-4H3/t19-/m1/s1. The molecular formula is C20H24Cl2NO5P. The molecule has 158 valence electrons. The molecule has 0 saturated carbocycles. The number of hydrogen-bond donors (Lipinski definition) is 1. The smallest absolute Gasteiger partial charge is 0.357 e. The number of benzene rings is 2. The molecule has 1 aliphatic heterocycles. The average molecular weight is 460 g/mol. The minimum Gasteiger partial charge on any atom is -0.497 e. The van der Waals surface area contributed by atoms with Crippen molar-refractivity contribution in [1.29, 1.82) is 0 Å². The number of ether oxygens (including phenoxy) is 2. The normalized spacial score (nSPS) is 18.7. The first kappa shape index (κ1) is 22.3. The van der Waals surface area contributed by atoms with E-state index in [0.29, 0.717) is 46.0 Å². The maximum Gasteiger partial charge on any atom is 0.357 e. The van der Waals surface area contributed by atoms with E-state index in [-0.39, 0.29) is 5.41 Å². The Morgan fingerprint density at radius 2 is 1.69 bits per heavy atom. The Hall–Kier alpha value is -1.43. The first-order valence-electron chi connectivity index (χ1n) is 9.00. The summed E-state index contributed by atoms with van der Waals surface area (Å²) in [5.41, 5.74) is 0.944. The van der Waals surface area contributed by atoms with Gasteiger partial charge in [-0.3, -0.25) is 4.57 Å². The van der Waals surface area contributed by atoms with Gasteiger partial charge in [0.15, 0.2) is 5.78 Å². The van der Waals surface area contributed by atoms with Gasteiger partial charge in [0.1, 0.15) is 11.5 Å². The first-order chi connectivity index (χ1) is 13.7. The molecule has 29 heavy (non-hydrogen) atoms. The van der Waals surface area contributed by atoms with E-state index in [0.717, 1.165) is 0 Å². The molecule has 0 aliphatic carbocycles. The fourth-order valence-electron chi connectivity index (χ4n) is 2.93. The van der Waals surface area contributed by atoms with E-state index in [1.807, 2.05) is 26.0 Å². The molecule has 6 nitrogen and oxygen atoms in total. The maximum absolute atomic E-state index is 13.8. The molecule has 3 rings (SSSR count). The molecule has 2 aromatic carbocycles. The van der Waals surface area contributed by atoms with Crippen LogP contribution in [0.2, 0.25) is 10.0 Å². The Morgan fingerprint density at radius 1 is 1.07 bits per heavy atom. The molecule has 2 aromatic rings. The second kappa shape index (κ2) is 8.75. The molecule has 1 fully saturated rings. The van der Waals surface area contributed by atoms with Crippen molar-refractivity contribution in [3.8, 4) is 11.5 Å². The van der Waals surface area contributed by atoms with Crippen molar-refractivity contribution in [3.05, 3.63) is 52.0 Å². The van der Waals surface area contributed by atoms with Crippen LogP contribution in [0.1, 0.15) is 25.2 Å². The van der Waals surface area contributed by atoms with Crippen molar-refractivity contribution < 1.29 is 23.1 Å². The zero-order valence-corrected chi connectivity index (χ0v) is 19.1. The molecule has 1 heterocycles. The summed E-state index contributed by atoms with van der Waals surface area (Å²) in [5, 5.41) is 3.94. The Balaban J connectivity index is 2.06. The van der Waals surface area contributed by atoms with Crippen LogP contribution in [0.15, 0.2) is 36.4 Å². The fraction of sp³-hybridized carbons (Fsp3) is 0.400. The van der Waals surface area contributed by atoms with Crippen LogP contribution in [0.4, 0.5) is 5.69 Å². The van der Waals surface area contributed by atoms with E-state index in [4.69, 9.17) is 41.7 Å². The molecule has 0 bridgehead atoms. The second-order valence-corrected chi connectivity index (χ2v) is 10.5. The van der Waals surface area contributed by atoms with E-state index in [2.05, 4.69) is 5.32 Å². The molecule has 1 aliphatic rings. The van der Waals surface area contributed by atoms with Gasteiger partial charge in [-0.2, -0.15) is 0 Å². The summed E-state index contributed by atoms with van der Waals surface area (Å²) in [6.45, 7) is 4.56. The van der Waals surface area contributed by atoms with Gasteiger partial charge in [0, 0.05) is 21.7 Å². The van der Waals surface area contributed by atoms with E-state index in [1.54, 1.807) is 31.4 Å². The van der Waals surface area contributed by atoms with E-state index < -0.39 is 13.4 Å². The Kier molecular flexibility index (Phi) is 6.71. The quantitative estimate of drug-likeness (QED) is 0.504. The largest absolute Gasteiger partial charge is 0.497 e. The van der Waals surface area contributed by atoms with Crippen LogP contribution in [-0.4, -0.2) is 27.4 Å². The van der Waals surface area contributed by atoms with E-state index >= 15 is 0 Å². The lowest BCUT2D eigenvalue weighted by Gasteiger charge is -2.38. The summed E-state index contributed by atoms with van der Waals surface area (Å²) in [4.78, 5) is 0. The van der Waals surface area contributed by atoms with Gasteiger partial charge in [-0.1, -0.05) is 37.0 Å². The molecule has 0 radical (unpaired) electrons. The number of anilines is 1. The molecule has 9 heteroatoms. The molecule has 1 N–H and O–H groups in total. The lowest BCUT2D eigenvalue weighted by Crippen LogP contribution is -2.32. The zero-order valence-electron chi connectivity index (χ0n) is 16.7. The highest BCUT2D eigenvalue weighted by Crippen LogP contribution is 2.65. The third kappa shape index (κ3) is 5.01. The van der Waals surface area contributed by atoms with Gasteiger partial charge < -0.3 is 23.8 Å². The Morgan fingerprint density at radius 3 is 2.24 bits per heavy atom. The van der Waals surface area contributed by atoms with Crippen molar-refractivity contribution in [2.24, 2.45) is 5.41 Å². The van der Waals surface area contributed by atoms with Crippen LogP contribution < -0.4 is 14.8 Å². The van der Waals surface area contributed by atoms with Crippen LogP contribution in [0.5, 0.6) is 11.5 Å². The van der Waals surface area contributed by atoms with Gasteiger partial charge in [-0.05, 0) is 36.4 Å². The van der Waals surface area contributed by atoms with Gasteiger partial charge in [0.05, 0.1) is 32.5 Å². The topological polar surface area (TPSA) is 66.0 Å². The van der Waals surface area contributed by atoms with Crippen LogP contribution in [0.25, 0.3) is 0 Å². The number of methoxy groups -OCH3 is 2. The molecule has 0 aromatic heterocycles. The van der Waals surface area contributed by atoms with Crippen LogP contribution in [0, 0.1) is 5.41 Å². The average Bonchev–Trinajstić information content (AvgIpc) is 2.68. The first-order valence-corrected chi connectivity index (χ1v) is 11.4. The van der Waals surface area contributed by atoms with Gasteiger partial charge >= 0.3 is 7.60 Å². The SMILES string of the molecule is COc1ccc(N[C@@H](c2cc(Cl)cc(Cl)c2OC)P2(=O)OCC(C)(C)CO2)cc1. The van der Waals surface area contributed by atoms with Gasteiger partial charge in [-0.25, -0.2) is 0 Å². The Bertz CT molecular complexity index is 906. The summed E-state index contributed by atoms with van der Waals surface area (Å²) in [7, 11) is -0.547. The van der Waals surface area contributed by atoms with Crippen molar-refractivity contribution in [3.63, 3.8) is 0 Å². The number of halogens is 2. The highest BCUT2D eigenvalue weighted by molar-refractivity contribution is 7.54. The van der Waals surface area contributed by atoms with Gasteiger partial charge in [0.2, 0.25) is 0 Å². The minimum absolute atomic E-state index is 0.241. The third-order valence-electron chi connectivity index (χ3n) is 4.52. The van der Waals surface area contributed by atoms with E-state index in [1.165, 1.54) is 7.11 Å². The second-order valence-electron chi connectivity index (χ2n) is 7.54. The monoisotopic (exact) mass is 459 g/mol. The van der Waals surface area contributed by atoms with Gasteiger partial charge in [-0.15, -0.1) is 0 Å². The molecule has 0 amide bonds. The number of nitrogens with one attached hydrogen (secondary N) is 1. The Labute approximate surface area is 180 Å². The van der Waals surface area contributed by atoms with Crippen LogP contribution in [-0.2, 0) is 13.6 Å². The summed E-state index contributed by atoms with van der Waals surface area (Å²) >= 11 is 12.6. The number of hydrogen-bond acceptors (Lipinski definition) is 6. The highest BCUT2D eigenvalue weighted by atomic mass is 35.5.